The highest BCUT2D eigenvalue weighted by Crippen LogP contribution is 2.27. The molecule has 0 aliphatic carbocycles. The lowest BCUT2D eigenvalue weighted by Gasteiger charge is -2.24. The first-order chi connectivity index (χ1) is 9.04. The van der Waals surface area contributed by atoms with Crippen LogP contribution in [0.15, 0.2) is 10.7 Å². The fourth-order valence-corrected chi connectivity index (χ4v) is 2.91. The van der Waals surface area contributed by atoms with E-state index in [4.69, 9.17) is 0 Å². The van der Waals surface area contributed by atoms with Gasteiger partial charge in [-0.15, -0.1) is 0 Å². The van der Waals surface area contributed by atoms with Crippen molar-refractivity contribution in [1.29, 1.82) is 0 Å². The van der Waals surface area contributed by atoms with Gasteiger partial charge < -0.3 is 10.2 Å². The molecule has 0 bridgehead atoms. The maximum Gasteiger partial charge on any atom is 0.0699 e. The molecule has 0 aromatic carbocycles. The van der Waals surface area contributed by atoms with E-state index in [2.05, 4.69) is 63.6 Å². The average molecular weight is 331 g/mol. The van der Waals surface area contributed by atoms with Crippen molar-refractivity contribution in [2.75, 3.05) is 26.7 Å². The van der Waals surface area contributed by atoms with Crippen molar-refractivity contribution in [3.8, 4) is 0 Å². The largest absolute Gasteiger partial charge is 0.312 e. The molecule has 1 heterocycles. The Kier molecular flexibility index (Phi) is 7.04. The summed E-state index contributed by atoms with van der Waals surface area (Å²) in [6.07, 6.45) is 2.99. The zero-order valence-corrected chi connectivity index (χ0v) is 14.4. The lowest BCUT2D eigenvalue weighted by molar-refractivity contribution is 0.280. The van der Waals surface area contributed by atoms with Gasteiger partial charge in [0.15, 0.2) is 0 Å². The highest BCUT2D eigenvalue weighted by Gasteiger charge is 2.20. The molecule has 0 saturated heterocycles. The predicted octanol–water partition coefficient (Wildman–Crippen LogP) is 3.22. The number of halogens is 1. The summed E-state index contributed by atoms with van der Waals surface area (Å²) in [5, 5.41) is 7.89. The maximum atomic E-state index is 4.47. The zero-order valence-electron chi connectivity index (χ0n) is 12.8. The standard InChI is InChI=1S/C14H27BrN4/c1-6-18(7-2)9-8-13(16-5)14-12(15)10-17-19(14)11(3)4/h10-11,13,16H,6-9H2,1-5H3. The highest BCUT2D eigenvalue weighted by molar-refractivity contribution is 9.10. The Morgan fingerprint density at radius 3 is 2.47 bits per heavy atom. The Morgan fingerprint density at radius 2 is 2.00 bits per heavy atom. The van der Waals surface area contributed by atoms with Crippen LogP contribution in [0, 0.1) is 0 Å². The molecule has 0 saturated carbocycles. The molecule has 1 rings (SSSR count). The van der Waals surface area contributed by atoms with Gasteiger partial charge in [0.25, 0.3) is 0 Å². The third-order valence-electron chi connectivity index (χ3n) is 3.58. The van der Waals surface area contributed by atoms with Crippen LogP contribution in [0.5, 0.6) is 0 Å². The fourth-order valence-electron chi connectivity index (χ4n) is 2.36. The van der Waals surface area contributed by atoms with Gasteiger partial charge in [0.05, 0.1) is 22.4 Å². The van der Waals surface area contributed by atoms with Gasteiger partial charge in [0.1, 0.15) is 0 Å². The fraction of sp³-hybridized carbons (Fsp3) is 0.786. The van der Waals surface area contributed by atoms with E-state index in [-0.39, 0.29) is 0 Å². The first kappa shape index (κ1) is 16.7. The summed E-state index contributed by atoms with van der Waals surface area (Å²) in [6.45, 7) is 12.1. The predicted molar refractivity (Wildman–Crippen MR) is 84.5 cm³/mol. The van der Waals surface area contributed by atoms with E-state index >= 15 is 0 Å². The van der Waals surface area contributed by atoms with Gasteiger partial charge in [-0.3, -0.25) is 4.68 Å². The van der Waals surface area contributed by atoms with Crippen LogP contribution in [0.25, 0.3) is 0 Å². The third-order valence-corrected chi connectivity index (χ3v) is 4.19. The highest BCUT2D eigenvalue weighted by atomic mass is 79.9. The quantitative estimate of drug-likeness (QED) is 0.794. The Labute approximate surface area is 125 Å². The molecule has 0 radical (unpaired) electrons. The van der Waals surface area contributed by atoms with Gasteiger partial charge in [-0.05, 0) is 62.9 Å². The summed E-state index contributed by atoms with van der Waals surface area (Å²) in [7, 11) is 2.02. The van der Waals surface area contributed by atoms with Crippen molar-refractivity contribution < 1.29 is 0 Å². The number of rotatable bonds is 8. The number of aromatic nitrogens is 2. The molecule has 0 amide bonds. The van der Waals surface area contributed by atoms with E-state index in [1.54, 1.807) is 0 Å². The van der Waals surface area contributed by atoms with Crippen LogP contribution in [0.3, 0.4) is 0 Å². The molecule has 1 N–H and O–H groups in total. The van der Waals surface area contributed by atoms with Gasteiger partial charge in [-0.1, -0.05) is 13.8 Å². The van der Waals surface area contributed by atoms with Crippen molar-refractivity contribution >= 4 is 15.9 Å². The Balaban J connectivity index is 2.82. The van der Waals surface area contributed by atoms with Gasteiger partial charge in [-0.25, -0.2) is 0 Å². The zero-order chi connectivity index (χ0) is 14.4. The van der Waals surface area contributed by atoms with Crippen molar-refractivity contribution in [2.24, 2.45) is 0 Å². The smallest absolute Gasteiger partial charge is 0.0699 e. The summed E-state index contributed by atoms with van der Waals surface area (Å²) in [6, 6.07) is 0.713. The molecule has 0 fully saturated rings. The SMILES string of the molecule is CCN(CC)CCC(NC)c1c(Br)cnn1C(C)C. The summed E-state index contributed by atoms with van der Waals surface area (Å²) in [4.78, 5) is 2.45. The molecule has 0 aliphatic heterocycles. The van der Waals surface area contributed by atoms with Crippen molar-refractivity contribution in [3.63, 3.8) is 0 Å². The number of nitrogens with one attached hydrogen (secondary N) is 1. The first-order valence-corrected chi connectivity index (χ1v) is 7.96. The summed E-state index contributed by atoms with van der Waals surface area (Å²) in [5.74, 6) is 0. The molecule has 5 heteroatoms. The maximum absolute atomic E-state index is 4.47. The molecule has 1 aromatic heterocycles. The number of hydrogen-bond acceptors (Lipinski definition) is 3. The number of hydrogen-bond donors (Lipinski definition) is 1. The lowest BCUT2D eigenvalue weighted by Crippen LogP contribution is -2.29. The lowest BCUT2D eigenvalue weighted by atomic mass is 10.1. The molecule has 1 atom stereocenters. The van der Waals surface area contributed by atoms with Crippen LogP contribution >= 0.6 is 15.9 Å². The van der Waals surface area contributed by atoms with Crippen LogP contribution in [0.1, 0.15) is 51.9 Å². The Hall–Kier alpha value is -0.390. The molecular formula is C14H27BrN4. The van der Waals surface area contributed by atoms with Gasteiger partial charge >= 0.3 is 0 Å². The van der Waals surface area contributed by atoms with E-state index < -0.39 is 0 Å². The van der Waals surface area contributed by atoms with E-state index in [9.17, 15) is 0 Å². The summed E-state index contributed by atoms with van der Waals surface area (Å²) in [5.41, 5.74) is 1.25. The normalized spacial score (nSPS) is 13.5. The topological polar surface area (TPSA) is 33.1 Å². The van der Waals surface area contributed by atoms with Crippen molar-refractivity contribution in [2.45, 2.75) is 46.2 Å². The van der Waals surface area contributed by atoms with Crippen LogP contribution < -0.4 is 5.32 Å². The van der Waals surface area contributed by atoms with Gasteiger partial charge in [0.2, 0.25) is 0 Å². The van der Waals surface area contributed by atoms with Gasteiger partial charge in [-0.2, -0.15) is 5.10 Å². The Morgan fingerprint density at radius 1 is 1.37 bits per heavy atom. The molecular weight excluding hydrogens is 304 g/mol. The molecule has 1 unspecified atom stereocenters. The molecule has 1 aromatic rings. The second-order valence-corrected chi connectivity index (χ2v) is 5.93. The van der Waals surface area contributed by atoms with Crippen molar-refractivity contribution in [1.82, 2.24) is 20.0 Å². The minimum Gasteiger partial charge on any atom is -0.312 e. The van der Waals surface area contributed by atoms with Gasteiger partial charge in [0, 0.05) is 6.04 Å². The van der Waals surface area contributed by atoms with E-state index in [1.807, 2.05) is 13.2 Å². The van der Waals surface area contributed by atoms with Crippen LogP contribution in [0.2, 0.25) is 0 Å². The average Bonchev–Trinajstić information content (AvgIpc) is 2.77. The third kappa shape index (κ3) is 4.29. The van der Waals surface area contributed by atoms with Crippen LogP contribution in [0.4, 0.5) is 0 Å². The second-order valence-electron chi connectivity index (χ2n) is 5.07. The minimum atomic E-state index is 0.333. The second kappa shape index (κ2) is 8.02. The number of nitrogens with zero attached hydrogens (tertiary/aromatic N) is 3. The monoisotopic (exact) mass is 330 g/mol. The molecule has 0 aliphatic rings. The van der Waals surface area contributed by atoms with Crippen molar-refractivity contribution in [3.05, 3.63) is 16.4 Å². The summed E-state index contributed by atoms with van der Waals surface area (Å²) >= 11 is 3.63. The van der Waals surface area contributed by atoms with Crippen LogP contribution in [-0.4, -0.2) is 41.4 Å². The van der Waals surface area contributed by atoms with Crippen LogP contribution in [-0.2, 0) is 0 Å². The molecule has 4 nitrogen and oxygen atoms in total. The minimum absolute atomic E-state index is 0.333. The molecule has 19 heavy (non-hydrogen) atoms. The Bertz CT molecular complexity index is 372. The summed E-state index contributed by atoms with van der Waals surface area (Å²) < 4.78 is 3.20. The first-order valence-electron chi connectivity index (χ1n) is 7.17. The van der Waals surface area contributed by atoms with E-state index in [0.29, 0.717) is 12.1 Å². The van der Waals surface area contributed by atoms with E-state index in [0.717, 1.165) is 30.5 Å². The molecule has 0 spiro atoms. The molecule has 110 valence electrons. The van der Waals surface area contributed by atoms with E-state index in [1.165, 1.54) is 5.69 Å².